The lowest BCUT2D eigenvalue weighted by atomic mass is 10.2. The van der Waals surface area contributed by atoms with Gasteiger partial charge >= 0.3 is 0 Å². The van der Waals surface area contributed by atoms with E-state index in [4.69, 9.17) is 4.74 Å². The molecule has 0 amide bonds. The summed E-state index contributed by atoms with van der Waals surface area (Å²) in [6.07, 6.45) is 1.21. The van der Waals surface area contributed by atoms with Gasteiger partial charge in [0.25, 0.3) is 0 Å². The Kier molecular flexibility index (Phi) is 3.19. The molecule has 2 rings (SSSR count). The molecule has 76 valence electrons. The topological polar surface area (TPSA) is 21.3 Å². The van der Waals surface area contributed by atoms with E-state index in [2.05, 4.69) is 30.4 Å². The highest BCUT2D eigenvalue weighted by molar-refractivity contribution is 7.99. The molecule has 0 spiro atoms. The van der Waals surface area contributed by atoms with Crippen molar-refractivity contribution in [2.45, 2.75) is 18.2 Å². The van der Waals surface area contributed by atoms with Gasteiger partial charge in [-0.3, -0.25) is 0 Å². The smallest absolute Gasteiger partial charge is 0.142 e. The molecule has 1 aromatic rings. The minimum Gasteiger partial charge on any atom is -0.490 e. The third-order valence-electron chi connectivity index (χ3n) is 2.10. The standard InChI is InChI=1S/C11H15NOS/c1-2-7-14-9-3-4-11-10(8-9)12-5-6-13-11/h3-4,8,12H,2,5-7H2,1H3. The third kappa shape index (κ3) is 2.15. The lowest BCUT2D eigenvalue weighted by molar-refractivity contribution is 0.323. The van der Waals surface area contributed by atoms with E-state index in [-0.39, 0.29) is 0 Å². The van der Waals surface area contributed by atoms with E-state index in [0.717, 1.165) is 24.6 Å². The largest absolute Gasteiger partial charge is 0.490 e. The molecule has 0 unspecified atom stereocenters. The van der Waals surface area contributed by atoms with Gasteiger partial charge in [-0.2, -0.15) is 0 Å². The molecular weight excluding hydrogens is 194 g/mol. The van der Waals surface area contributed by atoms with Crippen LogP contribution in [0.3, 0.4) is 0 Å². The van der Waals surface area contributed by atoms with E-state index in [1.54, 1.807) is 0 Å². The normalized spacial score (nSPS) is 14.1. The van der Waals surface area contributed by atoms with Crippen LogP contribution in [0.4, 0.5) is 5.69 Å². The second-order valence-corrected chi connectivity index (χ2v) is 4.45. The number of nitrogens with one attached hydrogen (secondary N) is 1. The molecule has 0 radical (unpaired) electrons. The van der Waals surface area contributed by atoms with Crippen LogP contribution in [0.15, 0.2) is 23.1 Å². The van der Waals surface area contributed by atoms with Crippen LogP contribution in [-0.2, 0) is 0 Å². The number of benzene rings is 1. The van der Waals surface area contributed by atoms with Crippen LogP contribution >= 0.6 is 11.8 Å². The number of anilines is 1. The predicted molar refractivity (Wildman–Crippen MR) is 61.4 cm³/mol. The van der Waals surface area contributed by atoms with Crippen molar-refractivity contribution in [2.24, 2.45) is 0 Å². The monoisotopic (exact) mass is 209 g/mol. The Labute approximate surface area is 89.0 Å². The highest BCUT2D eigenvalue weighted by Gasteiger charge is 2.09. The number of hydrogen-bond donors (Lipinski definition) is 1. The van der Waals surface area contributed by atoms with Gasteiger partial charge in [-0.15, -0.1) is 11.8 Å². The average Bonchev–Trinajstić information content (AvgIpc) is 2.26. The highest BCUT2D eigenvalue weighted by Crippen LogP contribution is 2.31. The summed E-state index contributed by atoms with van der Waals surface area (Å²) < 4.78 is 5.51. The second-order valence-electron chi connectivity index (χ2n) is 3.28. The van der Waals surface area contributed by atoms with Gasteiger partial charge in [0.15, 0.2) is 0 Å². The molecule has 0 saturated heterocycles. The Hall–Kier alpha value is -0.830. The molecule has 0 fully saturated rings. The number of ether oxygens (including phenoxy) is 1. The third-order valence-corrected chi connectivity index (χ3v) is 3.30. The molecule has 0 aromatic heterocycles. The Morgan fingerprint density at radius 3 is 3.29 bits per heavy atom. The molecule has 1 N–H and O–H groups in total. The summed E-state index contributed by atoms with van der Waals surface area (Å²) in [5.41, 5.74) is 1.14. The van der Waals surface area contributed by atoms with Gasteiger partial charge in [0.2, 0.25) is 0 Å². The van der Waals surface area contributed by atoms with Crippen LogP contribution in [0.1, 0.15) is 13.3 Å². The summed E-state index contributed by atoms with van der Waals surface area (Å²) in [6.45, 7) is 3.89. The van der Waals surface area contributed by atoms with Gasteiger partial charge in [0.05, 0.1) is 5.69 Å². The van der Waals surface area contributed by atoms with Gasteiger partial charge in [0.1, 0.15) is 12.4 Å². The van der Waals surface area contributed by atoms with E-state index in [1.165, 1.54) is 17.1 Å². The molecule has 14 heavy (non-hydrogen) atoms. The molecule has 3 heteroatoms. The number of rotatable bonds is 3. The Morgan fingerprint density at radius 2 is 2.43 bits per heavy atom. The van der Waals surface area contributed by atoms with Crippen LogP contribution in [0, 0.1) is 0 Å². The maximum absolute atomic E-state index is 5.51. The molecule has 1 aliphatic rings. The Balaban J connectivity index is 2.12. The van der Waals surface area contributed by atoms with Crippen LogP contribution in [-0.4, -0.2) is 18.9 Å². The van der Waals surface area contributed by atoms with Crippen molar-refractivity contribution in [3.8, 4) is 5.75 Å². The zero-order valence-electron chi connectivity index (χ0n) is 8.38. The van der Waals surface area contributed by atoms with Crippen LogP contribution in [0.5, 0.6) is 5.75 Å². The summed E-state index contributed by atoms with van der Waals surface area (Å²) in [5.74, 6) is 2.16. The van der Waals surface area contributed by atoms with Crippen molar-refractivity contribution >= 4 is 17.4 Å². The van der Waals surface area contributed by atoms with Crippen LogP contribution in [0.2, 0.25) is 0 Å². The molecule has 1 aliphatic heterocycles. The van der Waals surface area contributed by atoms with E-state index >= 15 is 0 Å². The molecule has 1 aromatic carbocycles. The lowest BCUT2D eigenvalue weighted by Gasteiger charge is -2.19. The molecule has 0 saturated carbocycles. The van der Waals surface area contributed by atoms with Crippen molar-refractivity contribution in [3.05, 3.63) is 18.2 Å². The first-order valence-corrected chi connectivity index (χ1v) is 6.02. The van der Waals surface area contributed by atoms with E-state index in [9.17, 15) is 0 Å². The zero-order valence-corrected chi connectivity index (χ0v) is 9.19. The van der Waals surface area contributed by atoms with Gasteiger partial charge in [0, 0.05) is 11.4 Å². The summed E-state index contributed by atoms with van der Waals surface area (Å²) in [6, 6.07) is 6.36. The Bertz CT molecular complexity index is 314. The van der Waals surface area contributed by atoms with Crippen LogP contribution in [0.25, 0.3) is 0 Å². The van der Waals surface area contributed by atoms with Crippen molar-refractivity contribution < 1.29 is 4.74 Å². The number of fused-ring (bicyclic) bond motifs is 1. The molecule has 0 bridgehead atoms. The van der Waals surface area contributed by atoms with Crippen molar-refractivity contribution in [1.29, 1.82) is 0 Å². The second kappa shape index (κ2) is 4.60. The lowest BCUT2D eigenvalue weighted by Crippen LogP contribution is -2.17. The quantitative estimate of drug-likeness (QED) is 0.773. The minimum atomic E-state index is 0.772. The first-order chi connectivity index (χ1) is 6.90. The van der Waals surface area contributed by atoms with E-state index in [0.29, 0.717) is 0 Å². The SMILES string of the molecule is CCCSc1ccc2c(c1)NCCO2. The molecule has 0 atom stereocenters. The fourth-order valence-corrected chi connectivity index (χ4v) is 2.23. The first kappa shape index (κ1) is 9.71. The summed E-state index contributed by atoms with van der Waals surface area (Å²) in [4.78, 5) is 1.32. The highest BCUT2D eigenvalue weighted by atomic mass is 32.2. The van der Waals surface area contributed by atoms with Crippen molar-refractivity contribution in [1.82, 2.24) is 0 Å². The van der Waals surface area contributed by atoms with E-state index in [1.807, 2.05) is 11.8 Å². The zero-order chi connectivity index (χ0) is 9.80. The van der Waals surface area contributed by atoms with Gasteiger partial charge in [-0.25, -0.2) is 0 Å². The summed E-state index contributed by atoms with van der Waals surface area (Å²) >= 11 is 1.90. The first-order valence-electron chi connectivity index (χ1n) is 5.03. The minimum absolute atomic E-state index is 0.772. The molecular formula is C11H15NOS. The average molecular weight is 209 g/mol. The Morgan fingerprint density at radius 1 is 1.50 bits per heavy atom. The fraction of sp³-hybridized carbons (Fsp3) is 0.455. The van der Waals surface area contributed by atoms with Gasteiger partial charge in [-0.05, 0) is 30.4 Å². The van der Waals surface area contributed by atoms with Crippen molar-refractivity contribution in [2.75, 3.05) is 24.2 Å². The summed E-state index contributed by atoms with van der Waals surface area (Å²) in [7, 11) is 0. The molecule has 2 nitrogen and oxygen atoms in total. The van der Waals surface area contributed by atoms with Crippen LogP contribution < -0.4 is 10.1 Å². The predicted octanol–water partition coefficient (Wildman–Crippen LogP) is 2.99. The maximum atomic E-state index is 5.51. The number of thioether (sulfide) groups is 1. The van der Waals surface area contributed by atoms with Gasteiger partial charge in [-0.1, -0.05) is 6.92 Å². The molecule has 0 aliphatic carbocycles. The summed E-state index contributed by atoms with van der Waals surface area (Å²) in [5, 5.41) is 3.34. The maximum Gasteiger partial charge on any atom is 0.142 e. The number of hydrogen-bond acceptors (Lipinski definition) is 3. The van der Waals surface area contributed by atoms with Gasteiger partial charge < -0.3 is 10.1 Å². The van der Waals surface area contributed by atoms with E-state index < -0.39 is 0 Å². The molecule has 1 heterocycles. The van der Waals surface area contributed by atoms with Crippen molar-refractivity contribution in [3.63, 3.8) is 0 Å². The fourth-order valence-electron chi connectivity index (χ4n) is 1.43.